The second-order valence-electron chi connectivity index (χ2n) is 6.07. The average Bonchev–Trinajstić information content (AvgIpc) is 2.55. The molecule has 0 spiro atoms. The lowest BCUT2D eigenvalue weighted by Crippen LogP contribution is -2.44. The first-order valence-corrected chi connectivity index (χ1v) is 8.03. The van der Waals surface area contributed by atoms with E-state index in [1.54, 1.807) is 0 Å². The van der Waals surface area contributed by atoms with Crippen LogP contribution in [-0.4, -0.2) is 54.2 Å². The number of nitrogens with two attached hydrogens (primary N) is 1. The number of hydrogen-bond acceptors (Lipinski definition) is 4. The number of rotatable bonds is 6. The molecule has 1 atom stereocenters. The minimum Gasteiger partial charge on any atom is -0.387 e. The zero-order chi connectivity index (χ0) is 15.2. The molecule has 4 heteroatoms. The summed E-state index contributed by atoms with van der Waals surface area (Å²) in [5, 5.41) is 10.4. The van der Waals surface area contributed by atoms with Crippen LogP contribution in [0.5, 0.6) is 0 Å². The lowest BCUT2D eigenvalue weighted by Gasteiger charge is -2.37. The average molecular weight is 291 g/mol. The van der Waals surface area contributed by atoms with E-state index in [4.69, 9.17) is 5.73 Å². The van der Waals surface area contributed by atoms with Gasteiger partial charge in [-0.25, -0.2) is 0 Å². The van der Waals surface area contributed by atoms with Crippen molar-refractivity contribution < 1.29 is 5.11 Å². The van der Waals surface area contributed by atoms with Gasteiger partial charge in [0.15, 0.2) is 0 Å². The molecule has 21 heavy (non-hydrogen) atoms. The number of aliphatic hydroxyl groups is 1. The van der Waals surface area contributed by atoms with Gasteiger partial charge < -0.3 is 20.6 Å². The van der Waals surface area contributed by atoms with E-state index in [2.05, 4.69) is 23.8 Å². The van der Waals surface area contributed by atoms with Crippen molar-refractivity contribution in [3.63, 3.8) is 0 Å². The molecule has 1 unspecified atom stereocenters. The predicted molar refractivity (Wildman–Crippen MR) is 87.1 cm³/mol. The first-order valence-electron chi connectivity index (χ1n) is 8.03. The number of likely N-dealkylation sites (tertiary alicyclic amines) is 1. The Morgan fingerprint density at radius 3 is 2.43 bits per heavy atom. The normalized spacial score (nSPS) is 19.1. The number of nitrogens with zero attached hydrogens (tertiary/aromatic N) is 2. The predicted octanol–water partition coefficient (Wildman–Crippen LogP) is 1.59. The van der Waals surface area contributed by atoms with Crippen LogP contribution in [0.1, 0.15) is 37.0 Å². The maximum absolute atomic E-state index is 10.4. The van der Waals surface area contributed by atoms with E-state index >= 15 is 0 Å². The van der Waals surface area contributed by atoms with Crippen molar-refractivity contribution in [1.82, 2.24) is 9.80 Å². The van der Waals surface area contributed by atoms with Crippen LogP contribution < -0.4 is 5.73 Å². The van der Waals surface area contributed by atoms with Gasteiger partial charge in [0.25, 0.3) is 0 Å². The number of likely N-dealkylation sites (N-methyl/N-ethyl adjacent to an activating group) is 1. The summed E-state index contributed by atoms with van der Waals surface area (Å²) >= 11 is 0. The Labute approximate surface area is 128 Å². The van der Waals surface area contributed by atoms with Crippen molar-refractivity contribution in [3.05, 3.63) is 35.4 Å². The van der Waals surface area contributed by atoms with Crippen molar-refractivity contribution in [1.29, 1.82) is 0 Å². The highest BCUT2D eigenvalue weighted by Gasteiger charge is 2.23. The van der Waals surface area contributed by atoms with Crippen molar-refractivity contribution >= 4 is 0 Å². The molecule has 4 nitrogen and oxygen atoms in total. The fraction of sp³-hybridized carbons (Fsp3) is 0.647. The molecule has 2 rings (SSSR count). The summed E-state index contributed by atoms with van der Waals surface area (Å²) in [7, 11) is 2.13. The Hall–Kier alpha value is -0.940. The van der Waals surface area contributed by atoms with Crippen LogP contribution in [0.25, 0.3) is 0 Å². The number of aliphatic hydroxyl groups excluding tert-OH is 1. The van der Waals surface area contributed by atoms with Gasteiger partial charge in [0.05, 0.1) is 6.10 Å². The van der Waals surface area contributed by atoms with Crippen LogP contribution >= 0.6 is 0 Å². The monoisotopic (exact) mass is 291 g/mol. The van der Waals surface area contributed by atoms with E-state index < -0.39 is 6.10 Å². The van der Waals surface area contributed by atoms with E-state index in [1.165, 1.54) is 25.9 Å². The van der Waals surface area contributed by atoms with E-state index in [1.807, 2.05) is 24.3 Å². The molecule has 0 saturated carbocycles. The van der Waals surface area contributed by atoms with Gasteiger partial charge in [-0.1, -0.05) is 31.2 Å². The third-order valence-electron chi connectivity index (χ3n) is 4.69. The molecule has 1 aromatic carbocycles. The Morgan fingerprint density at radius 1 is 1.29 bits per heavy atom. The molecule has 3 N–H and O–H groups in total. The SMILES string of the molecule is CCN1CCC(N(C)CC(O)c2ccc(CN)cc2)CC1. The highest BCUT2D eigenvalue weighted by atomic mass is 16.3. The molecule has 0 bridgehead atoms. The summed E-state index contributed by atoms with van der Waals surface area (Å²) < 4.78 is 0. The maximum Gasteiger partial charge on any atom is 0.0916 e. The molecule has 1 fully saturated rings. The van der Waals surface area contributed by atoms with Gasteiger partial charge in [-0.3, -0.25) is 0 Å². The fourth-order valence-corrected chi connectivity index (χ4v) is 3.08. The van der Waals surface area contributed by atoms with E-state index in [9.17, 15) is 5.11 Å². The smallest absolute Gasteiger partial charge is 0.0916 e. The van der Waals surface area contributed by atoms with Gasteiger partial charge in [-0.15, -0.1) is 0 Å². The third kappa shape index (κ3) is 4.51. The zero-order valence-corrected chi connectivity index (χ0v) is 13.3. The van der Waals surface area contributed by atoms with Crippen LogP contribution in [0.15, 0.2) is 24.3 Å². The molecular weight excluding hydrogens is 262 g/mol. The van der Waals surface area contributed by atoms with Crippen LogP contribution in [0, 0.1) is 0 Å². The molecule has 118 valence electrons. The van der Waals surface area contributed by atoms with E-state index in [0.717, 1.165) is 17.7 Å². The highest BCUT2D eigenvalue weighted by Crippen LogP contribution is 2.20. The quantitative estimate of drug-likeness (QED) is 0.836. The number of hydrogen-bond donors (Lipinski definition) is 2. The summed E-state index contributed by atoms with van der Waals surface area (Å²) in [5.74, 6) is 0. The lowest BCUT2D eigenvalue weighted by atomic mass is 10.0. The molecule has 1 saturated heterocycles. The summed E-state index contributed by atoms with van der Waals surface area (Å²) in [4.78, 5) is 4.81. The first-order chi connectivity index (χ1) is 10.1. The minimum absolute atomic E-state index is 0.425. The van der Waals surface area contributed by atoms with Crippen molar-refractivity contribution in [2.75, 3.05) is 33.2 Å². The third-order valence-corrected chi connectivity index (χ3v) is 4.69. The molecule has 0 amide bonds. The maximum atomic E-state index is 10.4. The molecule has 0 aromatic heterocycles. The summed E-state index contributed by atoms with van der Waals surface area (Å²) in [6.07, 6.45) is 1.97. The largest absolute Gasteiger partial charge is 0.387 e. The minimum atomic E-state index is -0.425. The van der Waals surface area contributed by atoms with E-state index in [-0.39, 0.29) is 0 Å². The Bertz CT molecular complexity index is 413. The Kier molecular flexibility index (Phi) is 6.18. The van der Waals surface area contributed by atoms with Gasteiger partial charge in [0.1, 0.15) is 0 Å². The molecule has 1 aromatic rings. The Morgan fingerprint density at radius 2 is 1.90 bits per heavy atom. The van der Waals surface area contributed by atoms with Gasteiger partial charge in [0, 0.05) is 19.1 Å². The molecule has 0 radical (unpaired) electrons. The molecule has 1 heterocycles. The summed E-state index contributed by atoms with van der Waals surface area (Å²) in [6, 6.07) is 8.56. The van der Waals surface area contributed by atoms with Gasteiger partial charge >= 0.3 is 0 Å². The molecular formula is C17H29N3O. The summed E-state index contributed by atoms with van der Waals surface area (Å²) in [5.41, 5.74) is 7.68. The molecule has 0 aliphatic carbocycles. The topological polar surface area (TPSA) is 52.7 Å². The number of piperidine rings is 1. The van der Waals surface area contributed by atoms with Crippen LogP contribution in [0.2, 0.25) is 0 Å². The van der Waals surface area contributed by atoms with E-state index in [0.29, 0.717) is 19.1 Å². The Balaban J connectivity index is 1.85. The van der Waals surface area contributed by atoms with Gasteiger partial charge in [0.2, 0.25) is 0 Å². The summed E-state index contributed by atoms with van der Waals surface area (Å²) in [6.45, 7) is 6.95. The van der Waals surface area contributed by atoms with Crippen molar-refractivity contribution in [2.24, 2.45) is 5.73 Å². The highest BCUT2D eigenvalue weighted by molar-refractivity contribution is 5.24. The van der Waals surface area contributed by atoms with Crippen LogP contribution in [0.3, 0.4) is 0 Å². The number of benzene rings is 1. The zero-order valence-electron chi connectivity index (χ0n) is 13.3. The van der Waals surface area contributed by atoms with Crippen LogP contribution in [-0.2, 0) is 6.54 Å². The lowest BCUT2D eigenvalue weighted by molar-refractivity contribution is 0.0748. The second-order valence-corrected chi connectivity index (χ2v) is 6.07. The second kappa shape index (κ2) is 7.90. The standard InChI is InChI=1S/C17H29N3O/c1-3-20-10-8-16(9-11-20)19(2)13-17(21)15-6-4-14(12-18)5-7-15/h4-7,16-17,21H,3,8-13,18H2,1-2H3. The fourth-order valence-electron chi connectivity index (χ4n) is 3.08. The van der Waals surface area contributed by atoms with Gasteiger partial charge in [-0.05, 0) is 50.7 Å². The molecule has 1 aliphatic heterocycles. The van der Waals surface area contributed by atoms with Crippen LogP contribution in [0.4, 0.5) is 0 Å². The van der Waals surface area contributed by atoms with Gasteiger partial charge in [-0.2, -0.15) is 0 Å². The molecule has 1 aliphatic rings. The van der Waals surface area contributed by atoms with Crippen molar-refractivity contribution in [2.45, 2.75) is 38.5 Å². The van der Waals surface area contributed by atoms with Crippen molar-refractivity contribution in [3.8, 4) is 0 Å². The first kappa shape index (κ1) is 16.4.